The molecule has 39 heavy (non-hydrogen) atoms. The lowest BCUT2D eigenvalue weighted by Crippen LogP contribution is -2.60. The Hall–Kier alpha value is -3.26. The number of carbonyl (C=O) groups is 2. The van der Waals surface area contributed by atoms with Gasteiger partial charge in [0.25, 0.3) is 5.91 Å². The predicted molar refractivity (Wildman–Crippen MR) is 127 cm³/mol. The van der Waals surface area contributed by atoms with Crippen LogP contribution in [0.3, 0.4) is 0 Å². The molecule has 3 fully saturated rings. The number of aromatic amines is 1. The number of amides is 2. The second kappa shape index (κ2) is 9.73. The second-order valence-corrected chi connectivity index (χ2v) is 10.7. The molecule has 1 aliphatic heterocycles. The number of pyridine rings is 1. The lowest BCUT2D eigenvalue weighted by molar-refractivity contribution is -0.300. The van der Waals surface area contributed by atoms with E-state index in [1.807, 2.05) is 0 Å². The Balaban J connectivity index is 1.21. The zero-order valence-electron chi connectivity index (χ0n) is 21.1. The molecule has 14 heteroatoms. The molecule has 1 unspecified atom stereocenters. The number of halogens is 4. The van der Waals surface area contributed by atoms with Crippen LogP contribution < -0.4 is 10.1 Å². The number of aromatic nitrogens is 3. The molecule has 3 heterocycles. The van der Waals surface area contributed by atoms with Gasteiger partial charge in [0.15, 0.2) is 11.4 Å². The van der Waals surface area contributed by atoms with Crippen LogP contribution in [0.4, 0.5) is 17.6 Å². The molecule has 0 aromatic carbocycles. The number of H-pyrrole nitrogens is 1. The summed E-state index contributed by atoms with van der Waals surface area (Å²) in [6.45, 7) is 0.282. The summed E-state index contributed by atoms with van der Waals surface area (Å²) in [5.41, 5.74) is -3.20. The Morgan fingerprint density at radius 1 is 1.23 bits per heavy atom. The molecule has 3 aliphatic rings. The predicted octanol–water partition coefficient (Wildman–Crippen LogP) is 2.33. The quantitative estimate of drug-likeness (QED) is 0.415. The third-order valence-electron chi connectivity index (χ3n) is 8.24. The number of likely N-dealkylation sites (tertiary alicyclic amines) is 1. The molecule has 2 aromatic rings. The summed E-state index contributed by atoms with van der Waals surface area (Å²) in [6.07, 6.45) is -5.10. The highest BCUT2D eigenvalue weighted by atomic mass is 19.4. The van der Waals surface area contributed by atoms with Crippen LogP contribution in [0.5, 0.6) is 5.88 Å². The van der Waals surface area contributed by atoms with E-state index < -0.39 is 54.0 Å². The van der Waals surface area contributed by atoms with Gasteiger partial charge in [-0.05, 0) is 51.0 Å². The molecule has 1 spiro atoms. The van der Waals surface area contributed by atoms with Crippen molar-refractivity contribution < 1.29 is 42.1 Å². The zero-order chi connectivity index (χ0) is 28.2. The molecule has 10 nitrogen and oxygen atoms in total. The SMILES string of the molecule is COc1cc(-c2cc(C(=O)N3CCC(C(=O)N[C@@H]4CC[C@](O)(C(F)(F)F)[C@@H](O)C4)CC34CC4)[nH]n2)c(F)cn1. The van der Waals surface area contributed by atoms with Crippen LogP contribution in [0.1, 0.15) is 55.4 Å². The van der Waals surface area contributed by atoms with Gasteiger partial charge in [-0.1, -0.05) is 0 Å². The Bertz CT molecular complexity index is 1270. The Labute approximate surface area is 220 Å². The van der Waals surface area contributed by atoms with E-state index in [1.54, 1.807) is 4.90 Å². The number of piperidine rings is 1. The number of nitrogens with zero attached hydrogens (tertiary/aromatic N) is 3. The minimum atomic E-state index is -4.96. The molecule has 2 aliphatic carbocycles. The van der Waals surface area contributed by atoms with Crippen molar-refractivity contribution in [2.45, 2.75) is 74.4 Å². The standard InChI is InChI=1S/C25H29F4N5O5/c1-39-20-9-15(16(26)12-30-20)17-10-18(33-32-17)22(37)34-7-3-13(11-23(34)5-6-23)21(36)31-14-2-4-24(38,19(35)8-14)25(27,28)29/h9-10,12-14,19,35,38H,2-8,11H2,1H3,(H,31,36)(H,32,33)/t13?,14-,19+,24-/m1/s1. The van der Waals surface area contributed by atoms with Gasteiger partial charge in [0.2, 0.25) is 11.8 Å². The number of aliphatic hydroxyl groups is 2. The van der Waals surface area contributed by atoms with Crippen molar-refractivity contribution in [1.29, 1.82) is 0 Å². The minimum absolute atomic E-state index is 0.118. The number of alkyl halides is 3. The highest BCUT2D eigenvalue weighted by Gasteiger charge is 2.60. The molecule has 0 bridgehead atoms. The summed E-state index contributed by atoms with van der Waals surface area (Å²) >= 11 is 0. The highest BCUT2D eigenvalue weighted by molar-refractivity contribution is 5.94. The molecule has 4 N–H and O–H groups in total. The van der Waals surface area contributed by atoms with Crippen molar-refractivity contribution in [2.75, 3.05) is 13.7 Å². The Morgan fingerprint density at radius 2 is 1.97 bits per heavy atom. The van der Waals surface area contributed by atoms with Gasteiger partial charge in [-0.3, -0.25) is 14.7 Å². The van der Waals surface area contributed by atoms with Gasteiger partial charge in [-0.2, -0.15) is 18.3 Å². The first-order valence-electron chi connectivity index (χ1n) is 12.7. The summed E-state index contributed by atoms with van der Waals surface area (Å²) in [5, 5.41) is 29.3. The molecule has 1 saturated heterocycles. The van der Waals surface area contributed by atoms with Crippen molar-refractivity contribution in [3.8, 4) is 17.1 Å². The monoisotopic (exact) mass is 555 g/mol. The van der Waals surface area contributed by atoms with Crippen LogP contribution in [0.2, 0.25) is 0 Å². The van der Waals surface area contributed by atoms with Gasteiger partial charge >= 0.3 is 6.18 Å². The van der Waals surface area contributed by atoms with E-state index in [2.05, 4.69) is 20.5 Å². The van der Waals surface area contributed by atoms with E-state index in [-0.39, 0.29) is 47.6 Å². The van der Waals surface area contributed by atoms with Crippen molar-refractivity contribution in [3.05, 3.63) is 29.8 Å². The minimum Gasteiger partial charge on any atom is -0.481 e. The van der Waals surface area contributed by atoms with Gasteiger partial charge in [0.05, 0.1) is 25.1 Å². The number of methoxy groups -OCH3 is 1. The van der Waals surface area contributed by atoms with Gasteiger partial charge < -0.3 is 25.2 Å². The third kappa shape index (κ3) is 4.95. The number of ether oxygens (including phenoxy) is 1. The molecule has 4 atom stereocenters. The number of nitrogens with one attached hydrogen (secondary N) is 2. The van der Waals surface area contributed by atoms with Crippen LogP contribution in [-0.2, 0) is 4.79 Å². The van der Waals surface area contributed by atoms with Crippen molar-refractivity contribution in [3.63, 3.8) is 0 Å². The first-order chi connectivity index (χ1) is 18.4. The van der Waals surface area contributed by atoms with Crippen LogP contribution in [0, 0.1) is 11.7 Å². The lowest BCUT2D eigenvalue weighted by Gasteiger charge is -2.42. The maximum atomic E-state index is 14.3. The second-order valence-electron chi connectivity index (χ2n) is 10.7. The smallest absolute Gasteiger partial charge is 0.419 e. The number of rotatable bonds is 5. The summed E-state index contributed by atoms with van der Waals surface area (Å²) < 4.78 is 58.8. The van der Waals surface area contributed by atoms with Gasteiger partial charge in [0.1, 0.15) is 5.69 Å². The third-order valence-corrected chi connectivity index (χ3v) is 8.24. The fourth-order valence-corrected chi connectivity index (χ4v) is 5.72. The summed E-state index contributed by atoms with van der Waals surface area (Å²) in [5.74, 6) is -1.55. The van der Waals surface area contributed by atoms with Crippen molar-refractivity contribution in [2.24, 2.45) is 5.92 Å². The first kappa shape index (κ1) is 27.3. The van der Waals surface area contributed by atoms with E-state index in [4.69, 9.17) is 4.74 Å². The average Bonchev–Trinajstić information content (AvgIpc) is 3.46. The molecular weight excluding hydrogens is 526 g/mol. The van der Waals surface area contributed by atoms with Gasteiger partial charge in [0, 0.05) is 35.7 Å². The molecule has 2 saturated carbocycles. The van der Waals surface area contributed by atoms with E-state index in [1.165, 1.54) is 19.2 Å². The number of carbonyl (C=O) groups excluding carboxylic acids is 2. The normalized spacial score (nSPS) is 28.3. The zero-order valence-corrected chi connectivity index (χ0v) is 21.1. The van der Waals surface area contributed by atoms with E-state index in [9.17, 15) is 37.4 Å². The fourth-order valence-electron chi connectivity index (χ4n) is 5.72. The summed E-state index contributed by atoms with van der Waals surface area (Å²) in [7, 11) is 1.40. The lowest BCUT2D eigenvalue weighted by atomic mass is 9.78. The van der Waals surface area contributed by atoms with Crippen molar-refractivity contribution >= 4 is 11.8 Å². The van der Waals surface area contributed by atoms with Gasteiger partial charge in [-0.15, -0.1) is 0 Å². The highest BCUT2D eigenvalue weighted by Crippen LogP contribution is 2.50. The molecule has 0 radical (unpaired) electrons. The molecule has 2 aromatic heterocycles. The van der Waals surface area contributed by atoms with Crippen LogP contribution in [0.15, 0.2) is 18.3 Å². The van der Waals surface area contributed by atoms with E-state index in [0.29, 0.717) is 25.7 Å². The fraction of sp³-hybridized carbons (Fsp3) is 0.600. The molecule has 5 rings (SSSR count). The maximum Gasteiger partial charge on any atom is 0.419 e. The van der Waals surface area contributed by atoms with Crippen molar-refractivity contribution in [1.82, 2.24) is 25.4 Å². The first-order valence-corrected chi connectivity index (χ1v) is 12.7. The molecule has 212 valence electrons. The number of aliphatic hydroxyl groups excluding tert-OH is 1. The average molecular weight is 556 g/mol. The van der Waals surface area contributed by atoms with E-state index in [0.717, 1.165) is 6.20 Å². The number of hydrogen-bond acceptors (Lipinski definition) is 7. The summed E-state index contributed by atoms with van der Waals surface area (Å²) in [4.78, 5) is 31.8. The molecular formula is C25H29F4N5O5. The Kier molecular flexibility index (Phi) is 6.82. The summed E-state index contributed by atoms with van der Waals surface area (Å²) in [6, 6.07) is 2.13. The maximum absolute atomic E-state index is 14.3. The molecule has 2 amide bonds. The number of hydrogen-bond donors (Lipinski definition) is 4. The van der Waals surface area contributed by atoms with Crippen LogP contribution >= 0.6 is 0 Å². The van der Waals surface area contributed by atoms with E-state index >= 15 is 0 Å². The van der Waals surface area contributed by atoms with Crippen LogP contribution in [0.25, 0.3) is 11.3 Å². The van der Waals surface area contributed by atoms with Gasteiger partial charge in [-0.25, -0.2) is 9.37 Å². The largest absolute Gasteiger partial charge is 0.481 e. The topological polar surface area (TPSA) is 141 Å². The Morgan fingerprint density at radius 3 is 2.62 bits per heavy atom. The van der Waals surface area contributed by atoms with Crippen LogP contribution in [-0.4, -0.2) is 85.2 Å².